The van der Waals surface area contributed by atoms with Gasteiger partial charge in [0.15, 0.2) is 0 Å². The highest BCUT2D eigenvalue weighted by atomic mass is 16.6. The van der Waals surface area contributed by atoms with E-state index in [4.69, 9.17) is 14.6 Å². The molecule has 0 radical (unpaired) electrons. The monoisotopic (exact) mass is 323 g/mol. The molecule has 2 aliphatic heterocycles. The van der Waals surface area contributed by atoms with Crippen LogP contribution in [0, 0.1) is 23.2 Å². The smallest absolute Gasteiger partial charge is 0.311 e. The van der Waals surface area contributed by atoms with Crippen LogP contribution in [-0.2, 0) is 14.3 Å². The van der Waals surface area contributed by atoms with E-state index in [0.29, 0.717) is 12.5 Å². The molecule has 4 rings (SSSR count). The molecule has 0 aromatic rings. The number of esters is 1. The molecule has 4 aliphatic rings. The van der Waals surface area contributed by atoms with Crippen molar-refractivity contribution in [1.29, 1.82) is 0 Å². The summed E-state index contributed by atoms with van der Waals surface area (Å²) < 4.78 is 12.2. The van der Waals surface area contributed by atoms with Gasteiger partial charge in [-0.2, -0.15) is 0 Å². The Morgan fingerprint density at radius 2 is 2.26 bits per heavy atom. The number of carbonyl (C=O) groups excluding carboxylic acids is 1. The van der Waals surface area contributed by atoms with Gasteiger partial charge in [-0.25, -0.2) is 0 Å². The van der Waals surface area contributed by atoms with Crippen LogP contribution in [0.15, 0.2) is 0 Å². The van der Waals surface area contributed by atoms with Crippen LogP contribution in [-0.4, -0.2) is 48.6 Å². The summed E-state index contributed by atoms with van der Waals surface area (Å²) in [5, 5.41) is 12.2. The summed E-state index contributed by atoms with van der Waals surface area (Å²) in [5.41, 5.74) is 0.153. The van der Waals surface area contributed by atoms with E-state index in [1.165, 1.54) is 19.3 Å². The summed E-state index contributed by atoms with van der Waals surface area (Å²) in [6.45, 7) is 6.23. The third kappa shape index (κ3) is 2.12. The molecule has 2 heterocycles. The highest BCUT2D eigenvalue weighted by Crippen LogP contribution is 2.70. The molecule has 0 unspecified atom stereocenters. The average Bonchev–Trinajstić information content (AvgIpc) is 3.18. The zero-order chi connectivity index (χ0) is 16.2. The lowest BCUT2D eigenvalue weighted by molar-refractivity contribution is -0.146. The number of ether oxygens (including phenoxy) is 2. The number of nitrogens with one attached hydrogen (secondary N) is 1. The van der Waals surface area contributed by atoms with Crippen molar-refractivity contribution >= 4 is 5.97 Å². The van der Waals surface area contributed by atoms with E-state index in [1.54, 1.807) is 0 Å². The Morgan fingerprint density at radius 3 is 3.04 bits per heavy atom. The molecule has 2 aliphatic carbocycles. The van der Waals surface area contributed by atoms with Gasteiger partial charge in [0.05, 0.1) is 12.0 Å². The number of hydrogen-bond donors (Lipinski definition) is 2. The lowest BCUT2D eigenvalue weighted by atomic mass is 9.53. The molecule has 2 N–H and O–H groups in total. The van der Waals surface area contributed by atoms with E-state index in [-0.39, 0.29) is 47.6 Å². The molecule has 7 atom stereocenters. The summed E-state index contributed by atoms with van der Waals surface area (Å²) in [5.74, 6) is 0.627. The third-order valence-corrected chi connectivity index (χ3v) is 7.07. The maximum absolute atomic E-state index is 12.4. The van der Waals surface area contributed by atoms with Crippen molar-refractivity contribution < 1.29 is 19.4 Å². The quantitative estimate of drug-likeness (QED) is 0.456. The van der Waals surface area contributed by atoms with Gasteiger partial charge in [0.2, 0.25) is 0 Å². The predicted octanol–water partition coefficient (Wildman–Crippen LogP) is 1.48. The zero-order valence-electron chi connectivity index (χ0n) is 14.2. The maximum Gasteiger partial charge on any atom is 0.311 e. The van der Waals surface area contributed by atoms with Gasteiger partial charge in [0.25, 0.3) is 0 Å². The molecule has 2 saturated carbocycles. The van der Waals surface area contributed by atoms with Crippen molar-refractivity contribution in [2.75, 3.05) is 19.7 Å². The molecule has 0 bridgehead atoms. The second-order valence-corrected chi connectivity index (χ2v) is 8.33. The second-order valence-electron chi connectivity index (χ2n) is 8.33. The number of carbonyl (C=O) groups is 1. The van der Waals surface area contributed by atoms with Crippen LogP contribution in [0.2, 0.25) is 0 Å². The molecule has 0 aromatic heterocycles. The van der Waals surface area contributed by atoms with E-state index < -0.39 is 0 Å². The predicted molar refractivity (Wildman–Crippen MR) is 84.8 cm³/mol. The van der Waals surface area contributed by atoms with Crippen molar-refractivity contribution in [3.8, 4) is 0 Å². The fraction of sp³-hybridized carbons (Fsp3) is 0.944. The van der Waals surface area contributed by atoms with Gasteiger partial charge in [0.1, 0.15) is 11.7 Å². The summed E-state index contributed by atoms with van der Waals surface area (Å²) in [4.78, 5) is 12.4. The number of hydrogen-bond acceptors (Lipinski definition) is 5. The van der Waals surface area contributed by atoms with Crippen LogP contribution < -0.4 is 5.32 Å². The van der Waals surface area contributed by atoms with Gasteiger partial charge in [0, 0.05) is 24.5 Å². The molecule has 2 saturated heterocycles. The number of rotatable bonds is 5. The number of epoxide rings is 1. The minimum Gasteiger partial charge on any atom is -0.462 e. The first kappa shape index (κ1) is 15.9. The van der Waals surface area contributed by atoms with Crippen molar-refractivity contribution in [1.82, 2.24) is 5.32 Å². The molecule has 130 valence electrons. The second kappa shape index (κ2) is 5.43. The molecule has 5 heteroatoms. The fourth-order valence-corrected chi connectivity index (χ4v) is 5.93. The topological polar surface area (TPSA) is 71.1 Å². The van der Waals surface area contributed by atoms with E-state index in [2.05, 4.69) is 19.2 Å². The normalized spacial score (nSPS) is 50.7. The van der Waals surface area contributed by atoms with Crippen LogP contribution in [0.5, 0.6) is 0 Å². The van der Waals surface area contributed by atoms with E-state index in [1.807, 2.05) is 0 Å². The largest absolute Gasteiger partial charge is 0.462 e. The maximum atomic E-state index is 12.4. The van der Waals surface area contributed by atoms with Crippen molar-refractivity contribution in [2.45, 2.75) is 63.8 Å². The summed E-state index contributed by atoms with van der Waals surface area (Å²) >= 11 is 0. The Kier molecular flexibility index (Phi) is 3.74. The van der Waals surface area contributed by atoms with E-state index in [9.17, 15) is 4.79 Å². The lowest BCUT2D eigenvalue weighted by Gasteiger charge is -2.48. The SMILES string of the molecule is C[C@H]1CCC[C@]2(C)C[C@H]3OC(=O)[C@@H](CNCCCO)[C@H]3[C@@H]3O[C@@]132. The van der Waals surface area contributed by atoms with Crippen LogP contribution in [0.3, 0.4) is 0 Å². The molecular formula is C18H29NO4. The Labute approximate surface area is 138 Å². The van der Waals surface area contributed by atoms with E-state index >= 15 is 0 Å². The molecule has 5 nitrogen and oxygen atoms in total. The van der Waals surface area contributed by atoms with Gasteiger partial charge < -0.3 is 19.9 Å². The van der Waals surface area contributed by atoms with Gasteiger partial charge in [-0.05, 0) is 38.1 Å². The fourth-order valence-electron chi connectivity index (χ4n) is 5.93. The summed E-state index contributed by atoms with van der Waals surface area (Å²) in [7, 11) is 0. The number of aliphatic hydroxyl groups is 1. The first-order valence-electron chi connectivity index (χ1n) is 9.23. The highest BCUT2D eigenvalue weighted by molar-refractivity contribution is 5.76. The zero-order valence-corrected chi connectivity index (χ0v) is 14.2. The Morgan fingerprint density at radius 1 is 1.43 bits per heavy atom. The first-order chi connectivity index (χ1) is 11.0. The summed E-state index contributed by atoms with van der Waals surface area (Å²) in [6, 6.07) is 0. The molecule has 0 aromatic carbocycles. The number of aliphatic hydroxyl groups excluding tert-OH is 1. The van der Waals surface area contributed by atoms with Crippen LogP contribution in [0.4, 0.5) is 0 Å². The molecule has 0 amide bonds. The molecule has 4 fully saturated rings. The molecule has 1 spiro atoms. The van der Waals surface area contributed by atoms with Gasteiger partial charge >= 0.3 is 5.97 Å². The van der Waals surface area contributed by atoms with Crippen molar-refractivity contribution in [3.63, 3.8) is 0 Å². The Balaban J connectivity index is 1.52. The van der Waals surface area contributed by atoms with Gasteiger partial charge in [-0.3, -0.25) is 4.79 Å². The first-order valence-corrected chi connectivity index (χ1v) is 9.23. The van der Waals surface area contributed by atoms with Crippen LogP contribution in [0.1, 0.15) is 46.0 Å². The Bertz CT molecular complexity index is 497. The summed E-state index contributed by atoms with van der Waals surface area (Å²) in [6.07, 6.45) is 5.57. The molecule has 23 heavy (non-hydrogen) atoms. The molecular weight excluding hydrogens is 294 g/mol. The van der Waals surface area contributed by atoms with Gasteiger partial charge in [-0.1, -0.05) is 20.3 Å². The lowest BCUT2D eigenvalue weighted by Crippen LogP contribution is -2.54. The standard InChI is InChI=1S/C18H29NO4/c1-11-5-3-6-17(2)9-13-14(15-18(11,17)23-15)12(16(21)22-13)10-19-7-4-8-20/h11-15,19-20H,3-10H2,1-2H3/t11-,12-,13+,14+,15-,17+,18-/m0/s1. The van der Waals surface area contributed by atoms with Gasteiger partial charge in [-0.15, -0.1) is 0 Å². The average molecular weight is 323 g/mol. The third-order valence-electron chi connectivity index (χ3n) is 7.07. The van der Waals surface area contributed by atoms with Crippen molar-refractivity contribution in [2.24, 2.45) is 23.2 Å². The Hall–Kier alpha value is -0.650. The van der Waals surface area contributed by atoms with Crippen molar-refractivity contribution in [3.05, 3.63) is 0 Å². The van der Waals surface area contributed by atoms with Crippen LogP contribution in [0.25, 0.3) is 0 Å². The minimum atomic E-state index is -0.0956. The number of fused-ring (bicyclic) bond motifs is 2. The van der Waals surface area contributed by atoms with E-state index in [0.717, 1.165) is 19.4 Å². The minimum absolute atomic E-state index is 0.0102. The van der Waals surface area contributed by atoms with Crippen LogP contribution >= 0.6 is 0 Å². The highest BCUT2D eigenvalue weighted by Gasteiger charge is 2.78.